The molecule has 0 atom stereocenters. The SMILES string of the molecule is Cc1cc(NC(=O)c2ccnc(N3CCN(C)CC3)n2)ccc1Br. The topological polar surface area (TPSA) is 61.4 Å². The predicted molar refractivity (Wildman–Crippen MR) is 98.6 cm³/mol. The molecule has 1 amide bonds. The lowest BCUT2D eigenvalue weighted by Crippen LogP contribution is -2.45. The monoisotopic (exact) mass is 389 g/mol. The van der Waals surface area contributed by atoms with Gasteiger partial charge in [-0.3, -0.25) is 4.79 Å². The normalized spacial score (nSPS) is 15.4. The molecular weight excluding hydrogens is 370 g/mol. The molecule has 1 aromatic heterocycles. The van der Waals surface area contributed by atoms with Crippen LogP contribution in [0.25, 0.3) is 0 Å². The van der Waals surface area contributed by atoms with Crippen molar-refractivity contribution in [1.29, 1.82) is 0 Å². The first-order chi connectivity index (χ1) is 11.5. The molecule has 0 radical (unpaired) electrons. The van der Waals surface area contributed by atoms with Gasteiger partial charge < -0.3 is 15.1 Å². The van der Waals surface area contributed by atoms with E-state index >= 15 is 0 Å². The minimum absolute atomic E-state index is 0.227. The third kappa shape index (κ3) is 3.91. The molecule has 1 aliphatic rings. The van der Waals surface area contributed by atoms with Crippen LogP contribution in [0.4, 0.5) is 11.6 Å². The number of hydrogen-bond donors (Lipinski definition) is 1. The number of anilines is 2. The van der Waals surface area contributed by atoms with Crippen molar-refractivity contribution in [1.82, 2.24) is 14.9 Å². The van der Waals surface area contributed by atoms with Crippen LogP contribution in [0, 0.1) is 6.92 Å². The smallest absolute Gasteiger partial charge is 0.274 e. The van der Waals surface area contributed by atoms with Crippen LogP contribution in [0.3, 0.4) is 0 Å². The van der Waals surface area contributed by atoms with Crippen LogP contribution in [0.15, 0.2) is 34.9 Å². The number of halogens is 1. The second-order valence-corrected chi connectivity index (χ2v) is 6.80. The lowest BCUT2D eigenvalue weighted by atomic mass is 10.2. The fourth-order valence-corrected chi connectivity index (χ4v) is 2.80. The lowest BCUT2D eigenvalue weighted by molar-refractivity contribution is 0.102. The van der Waals surface area contributed by atoms with Crippen LogP contribution in [0.5, 0.6) is 0 Å². The highest BCUT2D eigenvalue weighted by Gasteiger charge is 2.18. The number of nitrogens with one attached hydrogen (secondary N) is 1. The van der Waals surface area contributed by atoms with E-state index < -0.39 is 0 Å². The Labute approximate surface area is 150 Å². The Morgan fingerprint density at radius 3 is 2.67 bits per heavy atom. The predicted octanol–water partition coefficient (Wildman–Crippen LogP) is 2.55. The van der Waals surface area contributed by atoms with Gasteiger partial charge in [-0.25, -0.2) is 9.97 Å². The zero-order valence-electron chi connectivity index (χ0n) is 13.8. The van der Waals surface area contributed by atoms with E-state index in [1.165, 1.54) is 0 Å². The molecule has 1 N–H and O–H groups in total. The van der Waals surface area contributed by atoms with Gasteiger partial charge in [0, 0.05) is 42.5 Å². The summed E-state index contributed by atoms with van der Waals surface area (Å²) in [7, 11) is 2.10. The van der Waals surface area contributed by atoms with Gasteiger partial charge >= 0.3 is 0 Å². The summed E-state index contributed by atoms with van der Waals surface area (Å²) in [4.78, 5) is 25.6. The Morgan fingerprint density at radius 1 is 1.21 bits per heavy atom. The molecule has 0 unspecified atom stereocenters. The van der Waals surface area contributed by atoms with Crippen molar-refractivity contribution in [2.45, 2.75) is 6.92 Å². The standard InChI is InChI=1S/C17H20BrN5O/c1-12-11-13(3-4-14(12)18)20-16(24)15-5-6-19-17(21-15)23-9-7-22(2)8-10-23/h3-6,11H,7-10H2,1-2H3,(H,20,24). The molecule has 1 aromatic carbocycles. The summed E-state index contributed by atoms with van der Waals surface area (Å²) < 4.78 is 1.01. The lowest BCUT2D eigenvalue weighted by Gasteiger charge is -2.32. The van der Waals surface area contributed by atoms with Gasteiger partial charge in [-0.2, -0.15) is 0 Å². The molecule has 24 heavy (non-hydrogen) atoms. The van der Waals surface area contributed by atoms with Gasteiger partial charge in [0.2, 0.25) is 5.95 Å². The fraction of sp³-hybridized carbons (Fsp3) is 0.353. The number of piperazine rings is 1. The molecule has 1 fully saturated rings. The maximum Gasteiger partial charge on any atom is 0.274 e. The van der Waals surface area contributed by atoms with Crippen molar-refractivity contribution in [3.63, 3.8) is 0 Å². The van der Waals surface area contributed by atoms with Crippen LogP contribution in [-0.2, 0) is 0 Å². The van der Waals surface area contributed by atoms with Gasteiger partial charge in [0.15, 0.2) is 0 Å². The van der Waals surface area contributed by atoms with Gasteiger partial charge in [-0.1, -0.05) is 15.9 Å². The van der Waals surface area contributed by atoms with Crippen LogP contribution in [0.1, 0.15) is 16.1 Å². The minimum Gasteiger partial charge on any atom is -0.338 e. The second kappa shape index (κ2) is 7.27. The van der Waals surface area contributed by atoms with E-state index in [2.05, 4.69) is 48.1 Å². The van der Waals surface area contributed by atoms with E-state index in [1.807, 2.05) is 25.1 Å². The zero-order valence-corrected chi connectivity index (χ0v) is 15.4. The number of benzene rings is 1. The second-order valence-electron chi connectivity index (χ2n) is 5.95. The highest BCUT2D eigenvalue weighted by Crippen LogP contribution is 2.20. The molecule has 6 nitrogen and oxygen atoms in total. The van der Waals surface area contributed by atoms with Gasteiger partial charge in [-0.15, -0.1) is 0 Å². The maximum absolute atomic E-state index is 12.5. The molecule has 2 aromatic rings. The number of likely N-dealkylation sites (N-methyl/N-ethyl adjacent to an activating group) is 1. The summed E-state index contributed by atoms with van der Waals surface area (Å²) in [5.74, 6) is 0.386. The number of nitrogens with zero attached hydrogens (tertiary/aromatic N) is 4. The Bertz CT molecular complexity index is 744. The first kappa shape index (κ1) is 16.9. The molecule has 7 heteroatoms. The van der Waals surface area contributed by atoms with E-state index in [0.717, 1.165) is 41.9 Å². The number of hydrogen-bond acceptors (Lipinski definition) is 5. The van der Waals surface area contributed by atoms with Crippen LogP contribution in [0.2, 0.25) is 0 Å². The Kier molecular flexibility index (Phi) is 5.11. The van der Waals surface area contributed by atoms with Crippen molar-refractivity contribution in [2.75, 3.05) is 43.4 Å². The van der Waals surface area contributed by atoms with Crippen molar-refractivity contribution >= 4 is 33.5 Å². The first-order valence-electron chi connectivity index (χ1n) is 7.87. The van der Waals surface area contributed by atoms with Gasteiger partial charge in [0.05, 0.1) is 0 Å². The number of aryl methyl sites for hydroxylation is 1. The number of carbonyl (C=O) groups excluding carboxylic acids is 1. The fourth-order valence-electron chi connectivity index (χ4n) is 2.55. The molecule has 1 saturated heterocycles. The van der Waals surface area contributed by atoms with Crippen LogP contribution >= 0.6 is 15.9 Å². The van der Waals surface area contributed by atoms with E-state index in [1.54, 1.807) is 12.3 Å². The largest absolute Gasteiger partial charge is 0.338 e. The molecule has 126 valence electrons. The number of aromatic nitrogens is 2. The Hall–Kier alpha value is -1.99. The molecule has 0 saturated carbocycles. The average Bonchev–Trinajstić information content (AvgIpc) is 2.59. The summed E-state index contributed by atoms with van der Waals surface area (Å²) in [6.45, 7) is 5.66. The number of carbonyl (C=O) groups is 1. The quantitative estimate of drug-likeness (QED) is 0.873. The number of rotatable bonds is 3. The highest BCUT2D eigenvalue weighted by atomic mass is 79.9. The van der Waals surface area contributed by atoms with Crippen molar-refractivity contribution in [3.05, 3.63) is 46.2 Å². The van der Waals surface area contributed by atoms with E-state index in [-0.39, 0.29) is 5.91 Å². The maximum atomic E-state index is 12.5. The molecule has 0 bridgehead atoms. The van der Waals surface area contributed by atoms with Gasteiger partial charge in [-0.05, 0) is 43.8 Å². The van der Waals surface area contributed by atoms with Gasteiger partial charge in [0.25, 0.3) is 5.91 Å². The third-order valence-electron chi connectivity index (χ3n) is 4.08. The third-order valence-corrected chi connectivity index (χ3v) is 4.97. The molecular formula is C17H20BrN5O. The van der Waals surface area contributed by atoms with Crippen molar-refractivity contribution in [2.24, 2.45) is 0 Å². The molecule has 0 spiro atoms. The molecule has 2 heterocycles. The Balaban J connectivity index is 1.73. The summed E-state index contributed by atoms with van der Waals surface area (Å²) in [6.07, 6.45) is 1.64. The summed E-state index contributed by atoms with van der Waals surface area (Å²) in [5.41, 5.74) is 2.19. The highest BCUT2D eigenvalue weighted by molar-refractivity contribution is 9.10. The van der Waals surface area contributed by atoms with E-state index in [9.17, 15) is 4.79 Å². The van der Waals surface area contributed by atoms with Crippen LogP contribution < -0.4 is 10.2 Å². The van der Waals surface area contributed by atoms with Crippen LogP contribution in [-0.4, -0.2) is 54.0 Å². The van der Waals surface area contributed by atoms with E-state index in [0.29, 0.717) is 11.6 Å². The summed E-state index contributed by atoms with van der Waals surface area (Å²) in [6, 6.07) is 7.34. The summed E-state index contributed by atoms with van der Waals surface area (Å²) in [5, 5.41) is 2.89. The molecule has 3 rings (SSSR count). The van der Waals surface area contributed by atoms with Crippen molar-refractivity contribution < 1.29 is 4.79 Å². The zero-order chi connectivity index (χ0) is 17.1. The van der Waals surface area contributed by atoms with Crippen molar-refractivity contribution in [3.8, 4) is 0 Å². The van der Waals surface area contributed by atoms with E-state index in [4.69, 9.17) is 0 Å². The first-order valence-corrected chi connectivity index (χ1v) is 8.66. The minimum atomic E-state index is -0.227. The summed E-state index contributed by atoms with van der Waals surface area (Å²) >= 11 is 3.46. The number of amides is 1. The average molecular weight is 390 g/mol. The molecule has 1 aliphatic heterocycles. The van der Waals surface area contributed by atoms with Gasteiger partial charge in [0.1, 0.15) is 5.69 Å². The molecule has 0 aliphatic carbocycles. The Morgan fingerprint density at radius 2 is 1.96 bits per heavy atom.